The molecule has 1 aromatic carbocycles. The Balaban J connectivity index is 2.22. The van der Waals surface area contributed by atoms with Crippen LogP contribution in [0.4, 0.5) is 5.69 Å². The van der Waals surface area contributed by atoms with E-state index in [0.29, 0.717) is 22.7 Å². The minimum atomic E-state index is -3.54. The van der Waals surface area contributed by atoms with Gasteiger partial charge in [0.05, 0.1) is 17.3 Å². The van der Waals surface area contributed by atoms with E-state index in [1.807, 2.05) is 6.07 Å². The molecule has 20 heavy (non-hydrogen) atoms. The highest BCUT2D eigenvalue weighted by Gasteiger charge is 2.21. The molecule has 2 rings (SSSR count). The second-order valence-electron chi connectivity index (χ2n) is 4.31. The summed E-state index contributed by atoms with van der Waals surface area (Å²) in [6.07, 6.45) is 0. The number of rotatable bonds is 4. The molecule has 6 nitrogen and oxygen atoms in total. The third-order valence-corrected chi connectivity index (χ3v) is 4.49. The third kappa shape index (κ3) is 2.97. The first kappa shape index (κ1) is 14.1. The first-order chi connectivity index (χ1) is 9.42. The van der Waals surface area contributed by atoms with E-state index in [-0.39, 0.29) is 5.75 Å². The van der Waals surface area contributed by atoms with Crippen molar-refractivity contribution in [3.05, 3.63) is 47.3 Å². The van der Waals surface area contributed by atoms with Gasteiger partial charge in [0.15, 0.2) is 0 Å². The molecule has 0 amide bonds. The molecule has 2 aromatic rings. The molecule has 0 N–H and O–H groups in total. The third-order valence-electron chi connectivity index (χ3n) is 2.78. The van der Waals surface area contributed by atoms with Gasteiger partial charge in [-0.25, -0.2) is 8.42 Å². The standard InChI is InChI=1S/C13H13N3O3S/c1-10-7-12(15-19-10)9-20(17,18)16(2)13-5-3-11(8-14)4-6-13/h3-7H,9H2,1-2H3. The predicted octanol–water partition coefficient (Wildman–Crippen LogP) is 1.82. The fourth-order valence-electron chi connectivity index (χ4n) is 1.68. The fraction of sp³-hybridized carbons (Fsp3) is 0.231. The van der Waals surface area contributed by atoms with Gasteiger partial charge in [0, 0.05) is 13.1 Å². The second kappa shape index (κ2) is 5.35. The van der Waals surface area contributed by atoms with Crippen molar-refractivity contribution in [3.63, 3.8) is 0 Å². The van der Waals surface area contributed by atoms with Gasteiger partial charge in [-0.15, -0.1) is 0 Å². The predicted molar refractivity (Wildman–Crippen MR) is 73.4 cm³/mol. The van der Waals surface area contributed by atoms with Crippen LogP contribution in [0.1, 0.15) is 17.0 Å². The van der Waals surface area contributed by atoms with E-state index < -0.39 is 10.0 Å². The van der Waals surface area contributed by atoms with Crippen LogP contribution in [0.5, 0.6) is 0 Å². The van der Waals surface area contributed by atoms with Gasteiger partial charge in [0.2, 0.25) is 10.0 Å². The Kier molecular flexibility index (Phi) is 3.77. The summed E-state index contributed by atoms with van der Waals surface area (Å²) in [5, 5.41) is 12.4. The van der Waals surface area contributed by atoms with Gasteiger partial charge in [0.25, 0.3) is 0 Å². The normalized spacial score (nSPS) is 11.1. The van der Waals surface area contributed by atoms with Crippen LogP contribution < -0.4 is 4.31 Å². The number of benzene rings is 1. The molecule has 0 unspecified atom stereocenters. The molecule has 1 heterocycles. The number of nitriles is 1. The van der Waals surface area contributed by atoms with Gasteiger partial charge in [-0.05, 0) is 31.2 Å². The van der Waals surface area contributed by atoms with Crippen molar-refractivity contribution in [3.8, 4) is 6.07 Å². The van der Waals surface area contributed by atoms with Crippen molar-refractivity contribution in [2.45, 2.75) is 12.7 Å². The average molecular weight is 291 g/mol. The smallest absolute Gasteiger partial charge is 0.240 e. The van der Waals surface area contributed by atoms with Crippen molar-refractivity contribution in [1.29, 1.82) is 5.26 Å². The highest BCUT2D eigenvalue weighted by atomic mass is 32.2. The second-order valence-corrected chi connectivity index (χ2v) is 6.31. The van der Waals surface area contributed by atoms with Crippen LogP contribution in [0.25, 0.3) is 0 Å². The van der Waals surface area contributed by atoms with Gasteiger partial charge in [-0.2, -0.15) is 5.26 Å². The van der Waals surface area contributed by atoms with Gasteiger partial charge in [0.1, 0.15) is 17.2 Å². The zero-order chi connectivity index (χ0) is 14.8. The Morgan fingerprint density at radius 3 is 2.50 bits per heavy atom. The molecule has 1 aromatic heterocycles. The zero-order valence-electron chi connectivity index (χ0n) is 11.1. The number of aryl methyl sites for hydroxylation is 1. The lowest BCUT2D eigenvalue weighted by Crippen LogP contribution is -2.27. The molecule has 0 atom stereocenters. The molecule has 0 aliphatic carbocycles. The molecular weight excluding hydrogens is 278 g/mol. The van der Waals surface area contributed by atoms with Crippen molar-refractivity contribution in [2.24, 2.45) is 0 Å². The first-order valence-corrected chi connectivity index (χ1v) is 7.42. The number of sulfonamides is 1. The Morgan fingerprint density at radius 1 is 1.35 bits per heavy atom. The highest BCUT2D eigenvalue weighted by Crippen LogP contribution is 2.19. The molecule has 0 bridgehead atoms. The summed E-state index contributed by atoms with van der Waals surface area (Å²) in [5.41, 5.74) is 1.33. The molecule has 104 valence electrons. The number of hydrogen-bond donors (Lipinski definition) is 0. The minimum absolute atomic E-state index is 0.235. The summed E-state index contributed by atoms with van der Waals surface area (Å²) < 4.78 is 30.5. The quantitative estimate of drug-likeness (QED) is 0.857. The van der Waals surface area contributed by atoms with E-state index in [9.17, 15) is 8.42 Å². The van der Waals surface area contributed by atoms with E-state index >= 15 is 0 Å². The van der Waals surface area contributed by atoms with Crippen LogP contribution in [0.3, 0.4) is 0 Å². The van der Waals surface area contributed by atoms with Gasteiger partial charge in [-0.1, -0.05) is 5.16 Å². The maximum absolute atomic E-state index is 12.2. The van der Waals surface area contributed by atoms with Crippen molar-refractivity contribution in [2.75, 3.05) is 11.4 Å². The lowest BCUT2D eigenvalue weighted by atomic mass is 10.2. The van der Waals surface area contributed by atoms with Gasteiger partial charge in [-0.3, -0.25) is 4.31 Å². The van der Waals surface area contributed by atoms with Gasteiger partial charge >= 0.3 is 0 Å². The number of hydrogen-bond acceptors (Lipinski definition) is 5. The van der Waals surface area contributed by atoms with Crippen LogP contribution >= 0.6 is 0 Å². The molecule has 0 saturated heterocycles. The Labute approximate surface area is 117 Å². The van der Waals surface area contributed by atoms with E-state index in [1.54, 1.807) is 37.3 Å². The first-order valence-electron chi connectivity index (χ1n) is 5.81. The SMILES string of the molecule is Cc1cc(CS(=O)(=O)N(C)c2ccc(C#N)cc2)no1. The summed E-state index contributed by atoms with van der Waals surface area (Å²) in [6, 6.07) is 9.89. The van der Waals surface area contributed by atoms with Gasteiger partial charge < -0.3 is 4.52 Å². The lowest BCUT2D eigenvalue weighted by Gasteiger charge is -2.18. The zero-order valence-corrected chi connectivity index (χ0v) is 11.9. The minimum Gasteiger partial charge on any atom is -0.361 e. The molecule has 7 heteroatoms. The Bertz CT molecular complexity index is 742. The largest absolute Gasteiger partial charge is 0.361 e. The summed E-state index contributed by atoms with van der Waals surface area (Å²) in [4.78, 5) is 0. The summed E-state index contributed by atoms with van der Waals surface area (Å²) in [5.74, 6) is 0.331. The fourth-order valence-corrected chi connectivity index (χ4v) is 2.82. The summed E-state index contributed by atoms with van der Waals surface area (Å²) in [6.45, 7) is 1.70. The molecule has 0 radical (unpaired) electrons. The van der Waals surface area contributed by atoms with E-state index in [2.05, 4.69) is 5.16 Å². The Hall–Kier alpha value is -2.33. The van der Waals surface area contributed by atoms with Crippen molar-refractivity contribution in [1.82, 2.24) is 5.16 Å². The van der Waals surface area contributed by atoms with Crippen LogP contribution in [-0.4, -0.2) is 20.6 Å². The number of aromatic nitrogens is 1. The monoisotopic (exact) mass is 291 g/mol. The van der Waals surface area contributed by atoms with Crippen LogP contribution in [0.2, 0.25) is 0 Å². The molecular formula is C13H13N3O3S. The van der Waals surface area contributed by atoms with E-state index in [0.717, 1.165) is 4.31 Å². The molecule has 0 saturated carbocycles. The van der Waals surface area contributed by atoms with Crippen LogP contribution in [0.15, 0.2) is 34.9 Å². The lowest BCUT2D eigenvalue weighted by molar-refractivity contribution is 0.392. The summed E-state index contributed by atoms with van der Waals surface area (Å²) >= 11 is 0. The topological polar surface area (TPSA) is 87.2 Å². The van der Waals surface area contributed by atoms with Crippen molar-refractivity contribution < 1.29 is 12.9 Å². The average Bonchev–Trinajstić information content (AvgIpc) is 2.82. The number of nitrogens with zero attached hydrogens (tertiary/aromatic N) is 3. The maximum Gasteiger partial charge on any atom is 0.240 e. The van der Waals surface area contributed by atoms with E-state index in [4.69, 9.17) is 9.78 Å². The molecule has 0 aliphatic heterocycles. The molecule has 0 spiro atoms. The van der Waals surface area contributed by atoms with Crippen LogP contribution in [-0.2, 0) is 15.8 Å². The number of anilines is 1. The van der Waals surface area contributed by atoms with Crippen molar-refractivity contribution >= 4 is 15.7 Å². The molecule has 0 aliphatic rings. The van der Waals surface area contributed by atoms with Crippen LogP contribution in [0, 0.1) is 18.3 Å². The van der Waals surface area contributed by atoms with E-state index in [1.165, 1.54) is 7.05 Å². The summed E-state index contributed by atoms with van der Waals surface area (Å²) in [7, 11) is -2.08. The molecule has 0 fully saturated rings. The maximum atomic E-state index is 12.2. The Morgan fingerprint density at radius 2 is 2.00 bits per heavy atom. The highest BCUT2D eigenvalue weighted by molar-refractivity contribution is 7.92.